The Labute approximate surface area is 121 Å². The number of carbonyl (C=O) groups excluding carboxylic acids is 1. The van der Waals surface area contributed by atoms with E-state index in [1.807, 2.05) is 0 Å². The molecule has 112 valence electrons. The van der Waals surface area contributed by atoms with E-state index in [1.54, 1.807) is 6.21 Å². The molecule has 0 aromatic heterocycles. The number of piperidine rings is 1. The minimum atomic E-state index is -0.387. The van der Waals surface area contributed by atoms with Gasteiger partial charge in [0.25, 0.3) is 0 Å². The van der Waals surface area contributed by atoms with Crippen molar-refractivity contribution < 1.29 is 9.53 Å². The summed E-state index contributed by atoms with van der Waals surface area (Å²) in [5, 5.41) is 0. The van der Waals surface area contributed by atoms with Crippen molar-refractivity contribution in [3.05, 3.63) is 0 Å². The minimum Gasteiger partial charge on any atom is -0.456 e. The topological polar surface area (TPSA) is 54.3 Å². The first-order valence-corrected chi connectivity index (χ1v) is 7.24. The van der Waals surface area contributed by atoms with Crippen LogP contribution < -0.4 is 0 Å². The van der Waals surface area contributed by atoms with Gasteiger partial charge in [0.2, 0.25) is 5.84 Å². The lowest BCUT2D eigenvalue weighted by molar-refractivity contribution is -0.150. The maximum atomic E-state index is 12.1. The zero-order valence-electron chi connectivity index (χ0n) is 13.1. The lowest BCUT2D eigenvalue weighted by Crippen LogP contribution is -2.60. The molecule has 0 unspecified atom stereocenters. The molecule has 0 bridgehead atoms. The third kappa shape index (κ3) is 3.08. The van der Waals surface area contributed by atoms with Gasteiger partial charge in [-0.1, -0.05) is 0 Å². The molecule has 0 aliphatic carbocycles. The van der Waals surface area contributed by atoms with E-state index in [0.29, 0.717) is 6.54 Å². The van der Waals surface area contributed by atoms with Crippen molar-refractivity contribution in [3.8, 4) is 0 Å². The molecule has 2 aliphatic heterocycles. The number of likely N-dealkylation sites (tertiary alicyclic amines) is 1. The smallest absolute Gasteiger partial charge is 0.376 e. The zero-order chi connectivity index (χ0) is 15.0. The van der Waals surface area contributed by atoms with Gasteiger partial charge in [0.1, 0.15) is 6.10 Å². The first kappa shape index (κ1) is 15.2. The predicted octanol–water partition coefficient (Wildman–Crippen LogP) is 2.05. The van der Waals surface area contributed by atoms with Gasteiger partial charge < -0.3 is 4.74 Å². The Balaban J connectivity index is 2.05. The third-order valence-electron chi connectivity index (χ3n) is 4.46. The van der Waals surface area contributed by atoms with Crippen LogP contribution in [0.5, 0.6) is 0 Å². The first-order chi connectivity index (χ1) is 9.22. The highest BCUT2D eigenvalue weighted by Gasteiger charge is 2.44. The van der Waals surface area contributed by atoms with Gasteiger partial charge in [0.15, 0.2) is 0 Å². The van der Waals surface area contributed by atoms with E-state index in [4.69, 9.17) is 4.74 Å². The largest absolute Gasteiger partial charge is 0.456 e. The molecule has 2 heterocycles. The maximum absolute atomic E-state index is 12.1. The van der Waals surface area contributed by atoms with Crippen molar-refractivity contribution in [3.63, 3.8) is 0 Å². The number of carbonyl (C=O) groups is 1. The Morgan fingerprint density at radius 3 is 2.40 bits per heavy atom. The molecule has 2 rings (SSSR count). The fourth-order valence-corrected chi connectivity index (χ4v) is 3.10. The van der Waals surface area contributed by atoms with Crippen LogP contribution in [-0.2, 0) is 9.53 Å². The predicted molar refractivity (Wildman–Crippen MR) is 80.4 cm³/mol. The monoisotopic (exact) mass is 279 g/mol. The van der Waals surface area contributed by atoms with Crippen LogP contribution in [0.3, 0.4) is 0 Å². The molecule has 0 radical (unpaired) electrons. The van der Waals surface area contributed by atoms with Gasteiger partial charge in [-0.25, -0.2) is 9.79 Å². The average Bonchev–Trinajstić information content (AvgIpc) is 2.36. The molecule has 0 amide bonds. The normalized spacial score (nSPS) is 26.1. The zero-order valence-corrected chi connectivity index (χ0v) is 13.1. The summed E-state index contributed by atoms with van der Waals surface area (Å²) in [4.78, 5) is 22.6. The summed E-state index contributed by atoms with van der Waals surface area (Å²) in [5.41, 5.74) is 0.00861. The Kier molecular flexibility index (Phi) is 4.00. The second kappa shape index (κ2) is 5.28. The molecule has 1 saturated heterocycles. The number of nitrogens with zero attached hydrogens (tertiary/aromatic N) is 3. The van der Waals surface area contributed by atoms with Gasteiger partial charge in [0, 0.05) is 43.1 Å². The highest BCUT2D eigenvalue weighted by molar-refractivity contribution is 6.37. The number of hydrogen-bond donors (Lipinski definition) is 0. The van der Waals surface area contributed by atoms with Gasteiger partial charge in [-0.2, -0.15) is 0 Å². The van der Waals surface area contributed by atoms with Crippen molar-refractivity contribution in [1.29, 1.82) is 0 Å². The molecule has 0 N–H and O–H groups in total. The van der Waals surface area contributed by atoms with E-state index in [2.05, 4.69) is 49.6 Å². The minimum absolute atomic E-state index is 0.00430. The highest BCUT2D eigenvalue weighted by atomic mass is 16.5. The molecule has 2 aliphatic rings. The van der Waals surface area contributed by atoms with Gasteiger partial charge in [-0.3, -0.25) is 9.89 Å². The van der Waals surface area contributed by atoms with E-state index >= 15 is 0 Å². The second-order valence-corrected chi connectivity index (χ2v) is 6.93. The van der Waals surface area contributed by atoms with Crippen molar-refractivity contribution in [1.82, 2.24) is 4.90 Å². The SMILES string of the molecule is CN1C(C)(C)CC(OC(=O)C2=NCCC=N2)CC1(C)C. The fraction of sp³-hybridized carbons (Fsp3) is 0.800. The Morgan fingerprint density at radius 2 is 1.90 bits per heavy atom. The van der Waals surface area contributed by atoms with Crippen LogP contribution in [0, 0.1) is 0 Å². The number of rotatable bonds is 2. The van der Waals surface area contributed by atoms with Crippen molar-refractivity contribution in [2.75, 3.05) is 13.6 Å². The third-order valence-corrected chi connectivity index (χ3v) is 4.46. The lowest BCUT2D eigenvalue weighted by Gasteiger charge is -2.53. The summed E-state index contributed by atoms with van der Waals surface area (Å²) in [6.45, 7) is 9.37. The second-order valence-electron chi connectivity index (χ2n) is 6.93. The maximum Gasteiger partial charge on any atom is 0.376 e. The number of ether oxygens (including phenoxy) is 1. The first-order valence-electron chi connectivity index (χ1n) is 7.24. The van der Waals surface area contributed by atoms with Crippen molar-refractivity contribution >= 4 is 18.0 Å². The van der Waals surface area contributed by atoms with Crippen LogP contribution in [0.4, 0.5) is 0 Å². The average molecular weight is 279 g/mol. The molecule has 1 fully saturated rings. The fourth-order valence-electron chi connectivity index (χ4n) is 3.10. The summed E-state index contributed by atoms with van der Waals surface area (Å²) in [6.07, 6.45) is 4.10. The highest BCUT2D eigenvalue weighted by Crippen LogP contribution is 2.38. The van der Waals surface area contributed by atoms with Gasteiger partial charge in [0.05, 0.1) is 0 Å². The Morgan fingerprint density at radius 1 is 1.30 bits per heavy atom. The van der Waals surface area contributed by atoms with E-state index in [9.17, 15) is 4.79 Å². The van der Waals surface area contributed by atoms with Crippen LogP contribution in [0.1, 0.15) is 47.0 Å². The molecule has 0 saturated carbocycles. The molecule has 0 aromatic rings. The van der Waals surface area contributed by atoms with Crippen molar-refractivity contribution in [2.45, 2.75) is 64.1 Å². The Bertz CT molecular complexity index is 434. The lowest BCUT2D eigenvalue weighted by atomic mass is 9.79. The molecular weight excluding hydrogens is 254 g/mol. The quantitative estimate of drug-likeness (QED) is 0.727. The summed E-state index contributed by atoms with van der Waals surface area (Å²) in [6, 6.07) is 0. The molecule has 0 spiro atoms. The van der Waals surface area contributed by atoms with E-state index < -0.39 is 0 Å². The van der Waals surface area contributed by atoms with E-state index in [-0.39, 0.29) is 29.0 Å². The van der Waals surface area contributed by atoms with E-state index in [1.165, 1.54) is 0 Å². The van der Waals surface area contributed by atoms with Gasteiger partial charge in [-0.05, 0) is 34.7 Å². The van der Waals surface area contributed by atoms with E-state index in [0.717, 1.165) is 19.3 Å². The van der Waals surface area contributed by atoms with Crippen LogP contribution in [0.25, 0.3) is 0 Å². The molecule has 0 aromatic carbocycles. The molecule has 5 heteroatoms. The summed E-state index contributed by atoms with van der Waals surface area (Å²) < 4.78 is 5.64. The molecule has 0 atom stereocenters. The number of esters is 1. The number of hydrogen-bond acceptors (Lipinski definition) is 5. The van der Waals surface area contributed by atoms with Crippen LogP contribution in [0.15, 0.2) is 9.98 Å². The van der Waals surface area contributed by atoms with Crippen LogP contribution in [0.2, 0.25) is 0 Å². The van der Waals surface area contributed by atoms with Crippen LogP contribution in [-0.4, -0.2) is 53.7 Å². The van der Waals surface area contributed by atoms with Crippen molar-refractivity contribution in [2.24, 2.45) is 9.98 Å². The summed E-state index contributed by atoms with van der Waals surface area (Å²) in [5.74, 6) is -0.173. The van der Waals surface area contributed by atoms with Crippen LogP contribution >= 0.6 is 0 Å². The summed E-state index contributed by atoms with van der Waals surface area (Å²) >= 11 is 0. The number of amidine groups is 1. The number of aliphatic imine (C=N–C) groups is 2. The summed E-state index contributed by atoms with van der Waals surface area (Å²) in [7, 11) is 2.13. The molecular formula is C15H25N3O2. The molecule has 20 heavy (non-hydrogen) atoms. The Hall–Kier alpha value is -1.23. The molecule has 5 nitrogen and oxygen atoms in total. The van der Waals surface area contributed by atoms with Gasteiger partial charge in [-0.15, -0.1) is 0 Å². The van der Waals surface area contributed by atoms with Gasteiger partial charge >= 0.3 is 5.97 Å². The standard InChI is InChI=1S/C15H25N3O2/c1-14(2)9-11(10-15(3,4)18(14)5)20-13(19)12-16-7-6-8-17-12/h7,11H,6,8-10H2,1-5H3.